The lowest BCUT2D eigenvalue weighted by atomic mass is 10.1. The van der Waals surface area contributed by atoms with Gasteiger partial charge in [-0.1, -0.05) is 13.0 Å². The molecule has 1 aliphatic carbocycles. The molecule has 14 heavy (non-hydrogen) atoms. The van der Waals surface area contributed by atoms with Gasteiger partial charge in [0.15, 0.2) is 0 Å². The highest BCUT2D eigenvalue weighted by Crippen LogP contribution is 2.27. The van der Waals surface area contributed by atoms with Gasteiger partial charge in [0.2, 0.25) is 0 Å². The van der Waals surface area contributed by atoms with Crippen molar-refractivity contribution < 1.29 is 0 Å². The van der Waals surface area contributed by atoms with Crippen LogP contribution in [-0.4, -0.2) is 30.6 Å². The summed E-state index contributed by atoms with van der Waals surface area (Å²) in [6.07, 6.45) is 7.22. The van der Waals surface area contributed by atoms with E-state index in [-0.39, 0.29) is 0 Å². The second-order valence-corrected chi connectivity index (χ2v) is 4.51. The SMILES string of the molecule is C=CCN(CC(C)CCCN)C1CC1. The van der Waals surface area contributed by atoms with Crippen LogP contribution in [0.4, 0.5) is 0 Å². The minimum atomic E-state index is 0.777. The van der Waals surface area contributed by atoms with E-state index in [4.69, 9.17) is 5.73 Å². The molecule has 1 aliphatic rings. The molecule has 0 aromatic rings. The van der Waals surface area contributed by atoms with E-state index in [2.05, 4.69) is 18.4 Å². The fourth-order valence-electron chi connectivity index (χ4n) is 1.94. The van der Waals surface area contributed by atoms with E-state index in [1.807, 2.05) is 6.08 Å². The van der Waals surface area contributed by atoms with Crippen LogP contribution < -0.4 is 5.73 Å². The predicted octanol–water partition coefficient (Wildman–Crippen LogP) is 2.01. The molecule has 0 aromatic carbocycles. The first-order chi connectivity index (χ1) is 6.77. The van der Waals surface area contributed by atoms with Crippen LogP contribution in [0.25, 0.3) is 0 Å². The fraction of sp³-hybridized carbons (Fsp3) is 0.833. The van der Waals surface area contributed by atoms with Gasteiger partial charge in [0.25, 0.3) is 0 Å². The quantitative estimate of drug-likeness (QED) is 0.602. The highest BCUT2D eigenvalue weighted by molar-refractivity contribution is 4.88. The molecular weight excluding hydrogens is 172 g/mol. The molecule has 2 heteroatoms. The van der Waals surface area contributed by atoms with Crippen LogP contribution in [0.5, 0.6) is 0 Å². The first-order valence-corrected chi connectivity index (χ1v) is 5.83. The van der Waals surface area contributed by atoms with Crippen molar-refractivity contribution >= 4 is 0 Å². The summed E-state index contributed by atoms with van der Waals surface area (Å²) in [4.78, 5) is 2.56. The second-order valence-electron chi connectivity index (χ2n) is 4.51. The Hall–Kier alpha value is -0.340. The van der Waals surface area contributed by atoms with Crippen LogP contribution in [-0.2, 0) is 0 Å². The topological polar surface area (TPSA) is 29.3 Å². The lowest BCUT2D eigenvalue weighted by Crippen LogP contribution is -2.31. The zero-order valence-electron chi connectivity index (χ0n) is 9.41. The first-order valence-electron chi connectivity index (χ1n) is 5.83. The third-order valence-electron chi connectivity index (χ3n) is 2.87. The van der Waals surface area contributed by atoms with E-state index in [9.17, 15) is 0 Å². The Kier molecular flexibility index (Phi) is 5.20. The third kappa shape index (κ3) is 4.25. The van der Waals surface area contributed by atoms with E-state index >= 15 is 0 Å². The predicted molar refractivity (Wildman–Crippen MR) is 62.2 cm³/mol. The van der Waals surface area contributed by atoms with Crippen molar-refractivity contribution in [2.75, 3.05) is 19.6 Å². The van der Waals surface area contributed by atoms with Crippen molar-refractivity contribution in [2.24, 2.45) is 11.7 Å². The smallest absolute Gasteiger partial charge is 0.0163 e. The number of hydrogen-bond donors (Lipinski definition) is 1. The molecule has 0 bridgehead atoms. The van der Waals surface area contributed by atoms with Crippen LogP contribution in [0.15, 0.2) is 12.7 Å². The fourth-order valence-corrected chi connectivity index (χ4v) is 1.94. The first kappa shape index (κ1) is 11.7. The van der Waals surface area contributed by atoms with Gasteiger partial charge in [-0.3, -0.25) is 4.90 Å². The third-order valence-corrected chi connectivity index (χ3v) is 2.87. The van der Waals surface area contributed by atoms with Crippen LogP contribution in [0.1, 0.15) is 32.6 Å². The molecule has 0 aliphatic heterocycles. The molecule has 0 aromatic heterocycles. The Labute approximate surface area is 88.2 Å². The lowest BCUT2D eigenvalue weighted by molar-refractivity contribution is 0.243. The Bertz CT molecular complexity index is 164. The maximum atomic E-state index is 5.51. The minimum absolute atomic E-state index is 0.777. The molecule has 82 valence electrons. The van der Waals surface area contributed by atoms with Gasteiger partial charge >= 0.3 is 0 Å². The maximum Gasteiger partial charge on any atom is 0.0163 e. The number of nitrogens with zero attached hydrogens (tertiary/aromatic N) is 1. The summed E-state index contributed by atoms with van der Waals surface area (Å²) in [5, 5.41) is 0. The van der Waals surface area contributed by atoms with Gasteiger partial charge in [-0.15, -0.1) is 6.58 Å². The van der Waals surface area contributed by atoms with Crippen LogP contribution in [0.2, 0.25) is 0 Å². The molecule has 1 fully saturated rings. The van der Waals surface area contributed by atoms with Gasteiger partial charge in [0.05, 0.1) is 0 Å². The van der Waals surface area contributed by atoms with Gasteiger partial charge in [-0.2, -0.15) is 0 Å². The van der Waals surface area contributed by atoms with E-state index in [1.165, 1.54) is 25.8 Å². The molecule has 0 amide bonds. The average Bonchev–Trinajstić information content (AvgIpc) is 2.97. The minimum Gasteiger partial charge on any atom is -0.330 e. The molecule has 2 nitrogen and oxygen atoms in total. The summed E-state index contributed by atoms with van der Waals surface area (Å²) in [6, 6.07) is 0.855. The van der Waals surface area contributed by atoms with Gasteiger partial charge in [0, 0.05) is 19.1 Å². The van der Waals surface area contributed by atoms with Crippen LogP contribution in [0.3, 0.4) is 0 Å². The summed E-state index contributed by atoms with van der Waals surface area (Å²) < 4.78 is 0. The van der Waals surface area contributed by atoms with Crippen molar-refractivity contribution in [3.05, 3.63) is 12.7 Å². The van der Waals surface area contributed by atoms with Gasteiger partial charge in [-0.05, 0) is 38.1 Å². The summed E-state index contributed by atoms with van der Waals surface area (Å²) in [5.41, 5.74) is 5.51. The van der Waals surface area contributed by atoms with E-state index in [0.29, 0.717) is 0 Å². The Morgan fingerprint density at radius 3 is 2.79 bits per heavy atom. The summed E-state index contributed by atoms with van der Waals surface area (Å²) in [5.74, 6) is 0.777. The van der Waals surface area contributed by atoms with Gasteiger partial charge < -0.3 is 5.73 Å². The maximum absolute atomic E-state index is 5.51. The Morgan fingerprint density at radius 1 is 1.57 bits per heavy atom. The van der Waals surface area contributed by atoms with Crippen molar-refractivity contribution in [3.8, 4) is 0 Å². The molecule has 1 rings (SSSR count). The number of rotatable bonds is 8. The highest BCUT2D eigenvalue weighted by Gasteiger charge is 2.28. The summed E-state index contributed by atoms with van der Waals surface area (Å²) >= 11 is 0. The Morgan fingerprint density at radius 2 is 2.29 bits per heavy atom. The standard InChI is InChI=1S/C12H24N2/c1-3-9-14(12-6-7-12)10-11(2)5-4-8-13/h3,11-12H,1,4-10,13H2,2H3. The summed E-state index contributed by atoms with van der Waals surface area (Å²) in [6.45, 7) is 9.25. The summed E-state index contributed by atoms with van der Waals surface area (Å²) in [7, 11) is 0. The molecule has 1 atom stereocenters. The van der Waals surface area contributed by atoms with E-state index in [0.717, 1.165) is 31.5 Å². The largest absolute Gasteiger partial charge is 0.330 e. The zero-order chi connectivity index (χ0) is 10.4. The van der Waals surface area contributed by atoms with Crippen molar-refractivity contribution in [1.29, 1.82) is 0 Å². The number of nitrogens with two attached hydrogens (primary N) is 1. The molecular formula is C12H24N2. The van der Waals surface area contributed by atoms with Gasteiger partial charge in [-0.25, -0.2) is 0 Å². The molecule has 1 unspecified atom stereocenters. The van der Waals surface area contributed by atoms with E-state index in [1.54, 1.807) is 0 Å². The van der Waals surface area contributed by atoms with Crippen molar-refractivity contribution in [2.45, 2.75) is 38.6 Å². The normalized spacial score (nSPS) is 18.5. The molecule has 1 saturated carbocycles. The van der Waals surface area contributed by atoms with E-state index < -0.39 is 0 Å². The van der Waals surface area contributed by atoms with Crippen LogP contribution in [0, 0.1) is 5.92 Å². The average molecular weight is 196 g/mol. The second kappa shape index (κ2) is 6.20. The molecule has 2 N–H and O–H groups in total. The molecule has 0 heterocycles. The van der Waals surface area contributed by atoms with Crippen LogP contribution >= 0.6 is 0 Å². The Balaban J connectivity index is 2.19. The van der Waals surface area contributed by atoms with Crippen molar-refractivity contribution in [3.63, 3.8) is 0 Å². The van der Waals surface area contributed by atoms with Gasteiger partial charge in [0.1, 0.15) is 0 Å². The van der Waals surface area contributed by atoms with Crippen molar-refractivity contribution in [1.82, 2.24) is 4.90 Å². The molecule has 0 saturated heterocycles. The zero-order valence-corrected chi connectivity index (χ0v) is 9.41. The highest BCUT2D eigenvalue weighted by atomic mass is 15.2. The monoisotopic (exact) mass is 196 g/mol. The number of hydrogen-bond acceptors (Lipinski definition) is 2. The lowest BCUT2D eigenvalue weighted by Gasteiger charge is -2.24. The molecule has 0 radical (unpaired) electrons. The molecule has 0 spiro atoms.